The van der Waals surface area contributed by atoms with Gasteiger partial charge < -0.3 is 0 Å². The molecule has 2 aromatic heterocycles. The van der Waals surface area contributed by atoms with E-state index in [0.29, 0.717) is 0 Å². The molecule has 0 spiro atoms. The van der Waals surface area contributed by atoms with Gasteiger partial charge in [-0.2, -0.15) is 0 Å². The van der Waals surface area contributed by atoms with Crippen LogP contribution in [0.3, 0.4) is 0 Å². The fraction of sp³-hybridized carbons (Fsp3) is 0.333. The summed E-state index contributed by atoms with van der Waals surface area (Å²) in [6.45, 7) is 0. The molecular formula is C15H16N2O2S2. The van der Waals surface area contributed by atoms with Gasteiger partial charge in [-0.25, -0.2) is 0 Å². The van der Waals surface area contributed by atoms with E-state index >= 15 is 0 Å². The molecule has 0 saturated carbocycles. The van der Waals surface area contributed by atoms with E-state index in [-0.39, 0.29) is 24.3 Å². The Morgan fingerprint density at radius 1 is 1.29 bits per heavy atom. The summed E-state index contributed by atoms with van der Waals surface area (Å²) in [6.07, 6.45) is 1.08. The molecule has 1 N–H and O–H groups in total. The zero-order chi connectivity index (χ0) is 14.8. The van der Waals surface area contributed by atoms with Gasteiger partial charge in [0.25, 0.3) is 0 Å². The lowest BCUT2D eigenvalue weighted by Gasteiger charge is -2.20. The molecule has 2 unspecified atom stereocenters. The van der Waals surface area contributed by atoms with E-state index in [1.807, 2.05) is 17.5 Å². The van der Waals surface area contributed by atoms with Crippen LogP contribution in [0.5, 0.6) is 0 Å². The summed E-state index contributed by atoms with van der Waals surface area (Å²) in [5.41, 5.74) is 0. The molecule has 1 aliphatic heterocycles. The molecule has 4 nitrogen and oxygen atoms in total. The maximum atomic E-state index is 12.1. The van der Waals surface area contributed by atoms with E-state index in [9.17, 15) is 9.59 Å². The third kappa shape index (κ3) is 3.07. The Morgan fingerprint density at radius 2 is 2.05 bits per heavy atom. The molecule has 6 heteroatoms. The molecule has 3 rings (SSSR count). The summed E-state index contributed by atoms with van der Waals surface area (Å²) in [5.74, 6) is -0.244. The van der Waals surface area contributed by atoms with Crippen molar-refractivity contribution in [3.8, 4) is 0 Å². The molecule has 2 amide bonds. The van der Waals surface area contributed by atoms with Crippen LogP contribution in [0.25, 0.3) is 0 Å². The second-order valence-corrected chi connectivity index (χ2v) is 7.08. The predicted molar refractivity (Wildman–Crippen MR) is 84.4 cm³/mol. The summed E-state index contributed by atoms with van der Waals surface area (Å²) < 4.78 is 0. The van der Waals surface area contributed by atoms with Crippen molar-refractivity contribution in [2.24, 2.45) is 0 Å². The van der Waals surface area contributed by atoms with Gasteiger partial charge in [-0.15, -0.1) is 22.7 Å². The van der Waals surface area contributed by atoms with Crippen LogP contribution in [0.2, 0.25) is 0 Å². The van der Waals surface area contributed by atoms with E-state index in [1.54, 1.807) is 29.7 Å². The lowest BCUT2D eigenvalue weighted by atomic mass is 10.1. The second kappa shape index (κ2) is 6.09. The van der Waals surface area contributed by atoms with Crippen molar-refractivity contribution in [2.75, 3.05) is 7.05 Å². The maximum absolute atomic E-state index is 12.1. The Hall–Kier alpha value is -1.50. The van der Waals surface area contributed by atoms with Gasteiger partial charge in [0.1, 0.15) is 0 Å². The molecule has 0 bridgehead atoms. The van der Waals surface area contributed by atoms with Crippen LogP contribution < -0.4 is 5.32 Å². The van der Waals surface area contributed by atoms with Gasteiger partial charge in [0.15, 0.2) is 0 Å². The third-order valence-corrected chi connectivity index (χ3v) is 5.54. The summed E-state index contributed by atoms with van der Waals surface area (Å²) >= 11 is 3.38. The third-order valence-electron chi connectivity index (χ3n) is 3.66. The van der Waals surface area contributed by atoms with Crippen LogP contribution >= 0.6 is 22.7 Å². The molecule has 21 heavy (non-hydrogen) atoms. The highest BCUT2D eigenvalue weighted by Gasteiger charge is 2.37. The van der Waals surface area contributed by atoms with E-state index in [1.165, 1.54) is 14.7 Å². The first-order valence-electron chi connectivity index (χ1n) is 6.77. The maximum Gasteiger partial charge on any atom is 0.246 e. The number of rotatable bonds is 5. The molecule has 1 saturated heterocycles. The monoisotopic (exact) mass is 320 g/mol. The first-order chi connectivity index (χ1) is 10.1. The van der Waals surface area contributed by atoms with Crippen molar-refractivity contribution in [3.63, 3.8) is 0 Å². The summed E-state index contributed by atoms with van der Waals surface area (Å²) in [7, 11) is 1.55. The highest BCUT2D eigenvalue weighted by molar-refractivity contribution is 7.10. The Balaban J connectivity index is 1.77. The number of likely N-dealkylation sites (tertiary alicyclic amines) is 1. The highest BCUT2D eigenvalue weighted by Crippen LogP contribution is 2.27. The Labute approximate surface area is 131 Å². The van der Waals surface area contributed by atoms with Gasteiger partial charge >= 0.3 is 0 Å². The van der Waals surface area contributed by atoms with Crippen molar-refractivity contribution >= 4 is 34.5 Å². The first kappa shape index (κ1) is 14.4. The van der Waals surface area contributed by atoms with E-state index in [4.69, 9.17) is 0 Å². The Morgan fingerprint density at radius 3 is 2.62 bits per heavy atom. The number of nitrogens with one attached hydrogen (secondary N) is 1. The SMILES string of the molecule is CN1C(=O)CC(NC(Cc2cccs2)c2cccs2)C1=O. The molecule has 2 aromatic rings. The molecule has 1 fully saturated rings. The van der Waals surface area contributed by atoms with Gasteiger partial charge in [-0.05, 0) is 22.9 Å². The molecule has 110 valence electrons. The Bertz CT molecular complexity index is 622. The van der Waals surface area contributed by atoms with E-state index < -0.39 is 6.04 Å². The van der Waals surface area contributed by atoms with Crippen molar-refractivity contribution in [1.29, 1.82) is 0 Å². The number of hydrogen-bond donors (Lipinski definition) is 1. The fourth-order valence-corrected chi connectivity index (χ4v) is 4.03. The quantitative estimate of drug-likeness (QED) is 0.861. The normalized spacial score (nSPS) is 20.2. The molecule has 1 aliphatic rings. The zero-order valence-corrected chi connectivity index (χ0v) is 13.2. The van der Waals surface area contributed by atoms with Crippen LogP contribution in [-0.2, 0) is 16.0 Å². The second-order valence-electron chi connectivity index (χ2n) is 5.07. The molecule has 0 radical (unpaired) electrons. The minimum absolute atomic E-state index is 0.0666. The average Bonchev–Trinajstić information content (AvgIpc) is 3.19. The molecule has 0 aliphatic carbocycles. The van der Waals surface area contributed by atoms with E-state index in [0.717, 1.165) is 6.42 Å². The van der Waals surface area contributed by atoms with Gasteiger partial charge in [0, 0.05) is 29.3 Å². The number of amides is 2. The molecule has 0 aromatic carbocycles. The Kier molecular flexibility index (Phi) is 4.19. The first-order valence-corrected chi connectivity index (χ1v) is 8.53. The largest absolute Gasteiger partial charge is 0.297 e. The number of nitrogens with zero attached hydrogens (tertiary/aromatic N) is 1. The van der Waals surface area contributed by atoms with Crippen molar-refractivity contribution in [3.05, 3.63) is 44.8 Å². The lowest BCUT2D eigenvalue weighted by molar-refractivity contribution is -0.137. The van der Waals surface area contributed by atoms with Crippen LogP contribution in [0.4, 0.5) is 0 Å². The minimum atomic E-state index is -0.408. The number of carbonyl (C=O) groups is 2. The zero-order valence-electron chi connectivity index (χ0n) is 11.6. The molecule has 2 atom stereocenters. The number of carbonyl (C=O) groups excluding carboxylic acids is 2. The predicted octanol–water partition coefficient (Wildman–Crippen LogP) is 2.44. The summed E-state index contributed by atoms with van der Waals surface area (Å²) in [5, 5.41) is 7.46. The summed E-state index contributed by atoms with van der Waals surface area (Å²) in [6, 6.07) is 7.87. The van der Waals surface area contributed by atoms with Crippen molar-refractivity contribution in [1.82, 2.24) is 10.2 Å². The lowest BCUT2D eigenvalue weighted by Crippen LogP contribution is -2.39. The van der Waals surface area contributed by atoms with Crippen LogP contribution in [-0.4, -0.2) is 29.8 Å². The standard InChI is InChI=1S/C15H16N2O2S2/c1-17-14(18)9-12(15(17)19)16-11(13-5-3-7-21-13)8-10-4-2-6-20-10/h2-7,11-12,16H,8-9H2,1H3. The smallest absolute Gasteiger partial charge is 0.246 e. The number of thiophene rings is 2. The van der Waals surface area contributed by atoms with Crippen molar-refractivity contribution < 1.29 is 9.59 Å². The van der Waals surface area contributed by atoms with E-state index in [2.05, 4.69) is 22.8 Å². The van der Waals surface area contributed by atoms with Crippen molar-refractivity contribution in [2.45, 2.75) is 24.9 Å². The highest BCUT2D eigenvalue weighted by atomic mass is 32.1. The number of hydrogen-bond acceptors (Lipinski definition) is 5. The number of likely N-dealkylation sites (N-methyl/N-ethyl adjacent to an activating group) is 1. The number of imide groups is 1. The minimum Gasteiger partial charge on any atom is -0.297 e. The van der Waals surface area contributed by atoms with Gasteiger partial charge in [0.2, 0.25) is 11.8 Å². The van der Waals surface area contributed by atoms with Crippen LogP contribution in [0.1, 0.15) is 22.2 Å². The van der Waals surface area contributed by atoms with Crippen LogP contribution in [0.15, 0.2) is 35.0 Å². The topological polar surface area (TPSA) is 49.4 Å². The summed E-state index contributed by atoms with van der Waals surface area (Å²) in [4.78, 5) is 27.4. The van der Waals surface area contributed by atoms with Gasteiger partial charge in [0.05, 0.1) is 12.5 Å². The molecule has 3 heterocycles. The van der Waals surface area contributed by atoms with Crippen LogP contribution in [0, 0.1) is 0 Å². The molecular weight excluding hydrogens is 304 g/mol. The average molecular weight is 320 g/mol. The fourth-order valence-electron chi connectivity index (χ4n) is 2.49. The van der Waals surface area contributed by atoms with Gasteiger partial charge in [-0.3, -0.25) is 19.8 Å². The van der Waals surface area contributed by atoms with Gasteiger partial charge in [-0.1, -0.05) is 12.1 Å².